The number of allylic oxidation sites excluding steroid dienone is 1. The van der Waals surface area contributed by atoms with E-state index in [0.717, 1.165) is 53.2 Å². The van der Waals surface area contributed by atoms with Crippen LogP contribution in [0.2, 0.25) is 0 Å². The molecule has 34 heavy (non-hydrogen) atoms. The normalized spacial score (nSPS) is 15.5. The van der Waals surface area contributed by atoms with Gasteiger partial charge in [-0.3, -0.25) is 0 Å². The second-order valence-electron chi connectivity index (χ2n) is 8.62. The van der Waals surface area contributed by atoms with Crippen molar-refractivity contribution in [3.05, 3.63) is 66.0 Å². The molecule has 3 aromatic rings. The van der Waals surface area contributed by atoms with Gasteiger partial charge in [-0.15, -0.1) is 0 Å². The van der Waals surface area contributed by atoms with E-state index >= 15 is 0 Å². The molecular weight excluding hydrogens is 443 g/mol. The zero-order chi connectivity index (χ0) is 23.9. The molecule has 2 aromatic heterocycles. The van der Waals surface area contributed by atoms with Gasteiger partial charge in [0.05, 0.1) is 6.54 Å². The van der Waals surface area contributed by atoms with Crippen LogP contribution in [-0.4, -0.2) is 23.1 Å². The molecule has 2 aliphatic rings. The third kappa shape index (κ3) is 4.20. The van der Waals surface area contributed by atoms with Gasteiger partial charge in [-0.2, -0.15) is 13.2 Å². The average Bonchev–Trinajstić information content (AvgIpc) is 2.78. The monoisotopic (exact) mass is 467 g/mol. The van der Waals surface area contributed by atoms with Crippen LogP contribution in [0.15, 0.2) is 49.2 Å². The predicted octanol–water partition coefficient (Wildman–Crippen LogP) is 7.06. The summed E-state index contributed by atoms with van der Waals surface area (Å²) >= 11 is 0. The Labute approximate surface area is 195 Å². The first-order valence-electron chi connectivity index (χ1n) is 11.2. The maximum absolute atomic E-state index is 13.3. The molecule has 1 fully saturated rings. The highest BCUT2D eigenvalue weighted by atomic mass is 19.4. The summed E-state index contributed by atoms with van der Waals surface area (Å²) in [5.74, 6) is 2.01. The Kier molecular flexibility index (Phi) is 5.67. The fourth-order valence-corrected chi connectivity index (χ4v) is 4.31. The van der Waals surface area contributed by atoms with E-state index in [-0.39, 0.29) is 11.8 Å². The molecule has 176 valence electrons. The maximum atomic E-state index is 13.3. The van der Waals surface area contributed by atoms with Crippen LogP contribution in [0.25, 0.3) is 16.7 Å². The van der Waals surface area contributed by atoms with Crippen molar-refractivity contribution in [2.75, 3.05) is 18.5 Å². The zero-order valence-electron chi connectivity index (χ0n) is 18.7. The molecule has 0 atom stereocenters. The molecule has 0 saturated heterocycles. The lowest BCUT2D eigenvalue weighted by atomic mass is 9.77. The number of hydrogen-bond acceptors (Lipinski definition) is 5. The smallest absolute Gasteiger partial charge is 0.433 e. The molecule has 1 aromatic carbocycles. The number of benzene rings is 1. The van der Waals surface area contributed by atoms with Gasteiger partial charge in [-0.25, -0.2) is 9.97 Å². The number of hydrogen-bond donors (Lipinski definition) is 1. The number of alkyl halides is 3. The Hall–Kier alpha value is -3.55. The van der Waals surface area contributed by atoms with E-state index in [2.05, 4.69) is 21.9 Å². The fraction of sp³-hybridized carbons (Fsp3) is 0.308. The highest BCUT2D eigenvalue weighted by Gasteiger charge is 2.33. The van der Waals surface area contributed by atoms with E-state index in [9.17, 15) is 13.2 Å². The first-order chi connectivity index (χ1) is 16.3. The molecule has 1 saturated carbocycles. The van der Waals surface area contributed by atoms with Gasteiger partial charge < -0.3 is 14.8 Å². The number of anilines is 1. The summed E-state index contributed by atoms with van der Waals surface area (Å²) in [6.07, 6.45) is 0.299. The quantitative estimate of drug-likeness (QED) is 0.435. The van der Waals surface area contributed by atoms with Crippen molar-refractivity contribution >= 4 is 11.4 Å². The highest BCUT2D eigenvalue weighted by Crippen LogP contribution is 2.48. The summed E-state index contributed by atoms with van der Waals surface area (Å²) < 4.78 is 51.6. The minimum Gasteiger partial charge on any atom is -0.488 e. The average molecular weight is 467 g/mol. The van der Waals surface area contributed by atoms with E-state index in [4.69, 9.17) is 9.47 Å². The second kappa shape index (κ2) is 8.66. The van der Waals surface area contributed by atoms with Crippen molar-refractivity contribution in [2.24, 2.45) is 0 Å². The van der Waals surface area contributed by atoms with Gasteiger partial charge in [0.15, 0.2) is 11.6 Å². The molecule has 1 N–H and O–H groups in total. The van der Waals surface area contributed by atoms with Gasteiger partial charge in [0, 0.05) is 23.4 Å². The zero-order valence-corrected chi connectivity index (χ0v) is 18.7. The first kappa shape index (κ1) is 22.3. The Morgan fingerprint density at radius 1 is 1.21 bits per heavy atom. The number of nitrogens with one attached hydrogen (secondary N) is 1. The Morgan fingerprint density at radius 3 is 2.74 bits per heavy atom. The summed E-state index contributed by atoms with van der Waals surface area (Å²) in [5, 5.41) is 3.20. The van der Waals surface area contributed by atoms with Crippen LogP contribution in [-0.2, 0) is 6.18 Å². The van der Waals surface area contributed by atoms with Crippen molar-refractivity contribution in [1.82, 2.24) is 9.97 Å². The number of pyridine rings is 2. The Morgan fingerprint density at radius 2 is 2.03 bits per heavy atom. The lowest BCUT2D eigenvalue weighted by Gasteiger charge is -2.30. The first-order valence-corrected chi connectivity index (χ1v) is 11.2. The number of fused-ring (bicyclic) bond motifs is 1. The van der Waals surface area contributed by atoms with Crippen molar-refractivity contribution in [3.8, 4) is 28.5 Å². The molecule has 3 heterocycles. The van der Waals surface area contributed by atoms with Gasteiger partial charge in [0.2, 0.25) is 5.88 Å². The molecule has 1 aliphatic carbocycles. The van der Waals surface area contributed by atoms with Crippen LogP contribution in [0.1, 0.15) is 48.9 Å². The molecular formula is C26H24F3N3O2. The summed E-state index contributed by atoms with van der Waals surface area (Å²) in [5.41, 5.74) is 3.05. The standard InChI is InChI=1S/C26H24F3N3O2/c1-15(2)23-18(17-13-20-25(31-14-17)30-11-12-33-20)9-10-19(16-5-3-6-16)24(23)34-22-8-4-7-21(32-22)26(27,28)29/h4,7-10,13-14,16H,1,3,5-6,11-12H2,2H3,(H,30,31). The molecule has 5 nitrogen and oxygen atoms in total. The van der Waals surface area contributed by atoms with Crippen molar-refractivity contribution < 1.29 is 22.6 Å². The number of halogens is 3. The van der Waals surface area contributed by atoms with Gasteiger partial charge >= 0.3 is 6.18 Å². The van der Waals surface area contributed by atoms with E-state index in [0.29, 0.717) is 30.5 Å². The highest BCUT2D eigenvalue weighted by molar-refractivity contribution is 5.85. The molecule has 0 bridgehead atoms. The molecule has 8 heteroatoms. The van der Waals surface area contributed by atoms with Gasteiger partial charge in [-0.1, -0.05) is 31.2 Å². The third-order valence-electron chi connectivity index (χ3n) is 6.20. The Balaban J connectivity index is 1.64. The summed E-state index contributed by atoms with van der Waals surface area (Å²) in [6, 6.07) is 9.58. The predicted molar refractivity (Wildman–Crippen MR) is 124 cm³/mol. The van der Waals surface area contributed by atoms with Crippen LogP contribution in [0.5, 0.6) is 17.4 Å². The summed E-state index contributed by atoms with van der Waals surface area (Å²) in [6.45, 7) is 7.25. The SMILES string of the molecule is C=C(C)c1c(-c2cnc3c(c2)OCCN3)ccc(C2CCC2)c1Oc1cccc(C(F)(F)F)n1. The summed E-state index contributed by atoms with van der Waals surface area (Å²) in [7, 11) is 0. The minimum atomic E-state index is -4.56. The van der Waals surface area contributed by atoms with Gasteiger partial charge in [-0.05, 0) is 54.5 Å². The molecule has 1 aliphatic heterocycles. The number of aromatic nitrogens is 2. The van der Waals surface area contributed by atoms with Crippen LogP contribution in [0.3, 0.4) is 0 Å². The lowest BCUT2D eigenvalue weighted by molar-refractivity contribution is -0.141. The second-order valence-corrected chi connectivity index (χ2v) is 8.62. The molecule has 5 rings (SSSR count). The third-order valence-corrected chi connectivity index (χ3v) is 6.20. The molecule has 0 amide bonds. The molecule has 0 unspecified atom stereocenters. The maximum Gasteiger partial charge on any atom is 0.433 e. The lowest BCUT2D eigenvalue weighted by Crippen LogP contribution is -2.19. The number of nitrogens with zero attached hydrogens (tertiary/aromatic N) is 2. The van der Waals surface area contributed by atoms with Crippen molar-refractivity contribution in [3.63, 3.8) is 0 Å². The van der Waals surface area contributed by atoms with Crippen LogP contribution in [0, 0.1) is 0 Å². The van der Waals surface area contributed by atoms with Crippen molar-refractivity contribution in [1.29, 1.82) is 0 Å². The van der Waals surface area contributed by atoms with E-state index < -0.39 is 11.9 Å². The van der Waals surface area contributed by atoms with E-state index in [1.165, 1.54) is 12.1 Å². The number of ether oxygens (including phenoxy) is 2. The van der Waals surface area contributed by atoms with Crippen molar-refractivity contribution in [2.45, 2.75) is 38.3 Å². The number of rotatable bonds is 5. The van der Waals surface area contributed by atoms with Crippen LogP contribution < -0.4 is 14.8 Å². The van der Waals surface area contributed by atoms with Crippen LogP contribution >= 0.6 is 0 Å². The van der Waals surface area contributed by atoms with E-state index in [1.807, 2.05) is 25.1 Å². The largest absolute Gasteiger partial charge is 0.488 e. The molecule has 0 spiro atoms. The Bertz CT molecular complexity index is 1250. The van der Waals surface area contributed by atoms with Gasteiger partial charge in [0.1, 0.15) is 18.1 Å². The van der Waals surface area contributed by atoms with Gasteiger partial charge in [0.25, 0.3) is 0 Å². The fourth-order valence-electron chi connectivity index (χ4n) is 4.31. The topological polar surface area (TPSA) is 56.3 Å². The molecule has 0 radical (unpaired) electrons. The van der Waals surface area contributed by atoms with E-state index in [1.54, 1.807) is 6.20 Å². The minimum absolute atomic E-state index is 0.105. The van der Waals surface area contributed by atoms with Crippen LogP contribution in [0.4, 0.5) is 19.0 Å². The summed E-state index contributed by atoms with van der Waals surface area (Å²) in [4.78, 5) is 8.22.